The van der Waals surface area contributed by atoms with Gasteiger partial charge >= 0.3 is 0 Å². The molecule has 0 saturated carbocycles. The Kier molecular flexibility index (Phi) is 7.01. The molecule has 0 saturated heterocycles. The number of hydrogen-bond donors (Lipinski definition) is 0. The third-order valence-corrected chi connectivity index (χ3v) is 8.17. The number of aromatic nitrogens is 2. The molecule has 1 amide bonds. The summed E-state index contributed by atoms with van der Waals surface area (Å²) >= 11 is 1.34. The fourth-order valence-electron chi connectivity index (χ4n) is 3.40. The van der Waals surface area contributed by atoms with Crippen molar-refractivity contribution in [2.24, 2.45) is 0 Å². The van der Waals surface area contributed by atoms with E-state index in [0.29, 0.717) is 27.7 Å². The van der Waals surface area contributed by atoms with Crippen molar-refractivity contribution in [3.05, 3.63) is 72.1 Å². The molecule has 9 nitrogen and oxygen atoms in total. The first kappa shape index (κ1) is 24.6. The Hall–Kier alpha value is -3.54. The fraction of sp³-hybridized carbons (Fsp3) is 0.208. The highest BCUT2D eigenvalue weighted by Crippen LogP contribution is 2.38. The van der Waals surface area contributed by atoms with Gasteiger partial charge in [-0.3, -0.25) is 14.7 Å². The first-order valence-electron chi connectivity index (χ1n) is 10.5. The Morgan fingerprint density at radius 1 is 1.03 bits per heavy atom. The molecule has 0 atom stereocenters. The van der Waals surface area contributed by atoms with Crippen molar-refractivity contribution in [3.8, 4) is 11.5 Å². The second-order valence-electron chi connectivity index (χ2n) is 7.74. The zero-order valence-corrected chi connectivity index (χ0v) is 21.3. The predicted molar refractivity (Wildman–Crippen MR) is 135 cm³/mol. The molecule has 4 rings (SSSR count). The van der Waals surface area contributed by atoms with Gasteiger partial charge in [0.2, 0.25) is 10.0 Å². The van der Waals surface area contributed by atoms with Crippen LogP contribution in [0.1, 0.15) is 15.9 Å². The van der Waals surface area contributed by atoms with E-state index in [0.717, 1.165) is 14.6 Å². The standard InChI is InChI=1S/C24H24N4O5S2/c1-27(2)35(30,31)18-9-7-17(8-10-18)23(29)28(15-16-6-5-11-25-14-16)24-26-19-12-20(32-3)21(33-4)13-22(19)34-24/h5-14H,15H2,1-4H3. The van der Waals surface area contributed by atoms with E-state index in [1.165, 1.54) is 49.7 Å². The summed E-state index contributed by atoms with van der Waals surface area (Å²) in [6.45, 7) is 0.235. The van der Waals surface area contributed by atoms with Crippen LogP contribution in [-0.2, 0) is 16.6 Å². The van der Waals surface area contributed by atoms with Gasteiger partial charge in [0, 0.05) is 44.2 Å². The van der Waals surface area contributed by atoms with Gasteiger partial charge in [-0.25, -0.2) is 17.7 Å². The third-order valence-electron chi connectivity index (χ3n) is 5.30. The molecule has 0 unspecified atom stereocenters. The molecule has 0 aliphatic heterocycles. The molecule has 4 aromatic rings. The minimum Gasteiger partial charge on any atom is -0.493 e. The molecule has 2 heterocycles. The number of fused-ring (bicyclic) bond motifs is 1. The molecule has 0 bridgehead atoms. The molecular weight excluding hydrogens is 488 g/mol. The summed E-state index contributed by atoms with van der Waals surface area (Å²) in [4.78, 5) is 24.1. The van der Waals surface area contributed by atoms with Gasteiger partial charge in [0.1, 0.15) is 0 Å². The van der Waals surface area contributed by atoms with Crippen LogP contribution in [0.5, 0.6) is 11.5 Å². The minimum atomic E-state index is -3.60. The lowest BCUT2D eigenvalue weighted by atomic mass is 10.2. The summed E-state index contributed by atoms with van der Waals surface area (Å²) in [5.74, 6) is 0.790. The lowest BCUT2D eigenvalue weighted by Crippen LogP contribution is -2.30. The maximum atomic E-state index is 13.6. The Morgan fingerprint density at radius 3 is 2.31 bits per heavy atom. The van der Waals surface area contributed by atoms with Crippen molar-refractivity contribution in [2.75, 3.05) is 33.2 Å². The van der Waals surface area contributed by atoms with Crippen molar-refractivity contribution in [1.82, 2.24) is 14.3 Å². The number of rotatable bonds is 8. The maximum absolute atomic E-state index is 13.6. The molecule has 2 aromatic heterocycles. The van der Waals surface area contributed by atoms with Crippen LogP contribution in [0.2, 0.25) is 0 Å². The Labute approximate surface area is 207 Å². The number of methoxy groups -OCH3 is 2. The number of pyridine rings is 1. The number of nitrogens with zero attached hydrogens (tertiary/aromatic N) is 4. The second-order valence-corrected chi connectivity index (χ2v) is 10.9. The van der Waals surface area contributed by atoms with Crippen molar-refractivity contribution in [2.45, 2.75) is 11.4 Å². The highest BCUT2D eigenvalue weighted by molar-refractivity contribution is 7.89. The number of sulfonamides is 1. The van der Waals surface area contributed by atoms with Gasteiger partial charge in [-0.15, -0.1) is 0 Å². The van der Waals surface area contributed by atoms with Gasteiger partial charge in [0.25, 0.3) is 5.91 Å². The van der Waals surface area contributed by atoms with E-state index < -0.39 is 10.0 Å². The Bertz CT molecular complexity index is 1410. The SMILES string of the molecule is COc1cc2nc(N(Cc3cccnc3)C(=O)c3ccc(S(=O)(=O)N(C)C)cc3)sc2cc1OC. The number of carbonyl (C=O) groups is 1. The summed E-state index contributed by atoms with van der Waals surface area (Å²) < 4.78 is 37.5. The molecule has 182 valence electrons. The number of amides is 1. The zero-order valence-electron chi connectivity index (χ0n) is 19.6. The van der Waals surface area contributed by atoms with E-state index in [9.17, 15) is 13.2 Å². The number of benzene rings is 2. The molecule has 0 N–H and O–H groups in total. The van der Waals surface area contributed by atoms with E-state index >= 15 is 0 Å². The Balaban J connectivity index is 1.75. The highest BCUT2D eigenvalue weighted by Gasteiger charge is 2.24. The molecule has 0 radical (unpaired) electrons. The van der Waals surface area contributed by atoms with Gasteiger partial charge in [-0.2, -0.15) is 0 Å². The highest BCUT2D eigenvalue weighted by atomic mass is 32.2. The van der Waals surface area contributed by atoms with Crippen LogP contribution in [0, 0.1) is 0 Å². The average Bonchev–Trinajstić information content (AvgIpc) is 3.29. The van der Waals surface area contributed by atoms with Crippen LogP contribution in [0.4, 0.5) is 5.13 Å². The quantitative estimate of drug-likeness (QED) is 0.354. The van der Waals surface area contributed by atoms with E-state index in [4.69, 9.17) is 9.47 Å². The van der Waals surface area contributed by atoms with Gasteiger partial charge in [-0.1, -0.05) is 17.4 Å². The van der Waals surface area contributed by atoms with Crippen LogP contribution in [-0.4, -0.2) is 56.9 Å². The van der Waals surface area contributed by atoms with E-state index in [1.807, 2.05) is 12.1 Å². The Morgan fingerprint density at radius 2 is 1.71 bits per heavy atom. The molecule has 0 fully saturated rings. The van der Waals surface area contributed by atoms with Crippen LogP contribution >= 0.6 is 11.3 Å². The van der Waals surface area contributed by atoms with Gasteiger partial charge in [-0.05, 0) is 35.9 Å². The van der Waals surface area contributed by atoms with E-state index in [2.05, 4.69) is 9.97 Å². The van der Waals surface area contributed by atoms with Gasteiger partial charge in [0.15, 0.2) is 16.6 Å². The molecule has 35 heavy (non-hydrogen) atoms. The summed E-state index contributed by atoms with van der Waals surface area (Å²) in [5.41, 5.74) is 1.82. The van der Waals surface area contributed by atoms with Crippen LogP contribution < -0.4 is 14.4 Å². The fourth-order valence-corrected chi connectivity index (χ4v) is 5.27. The zero-order chi connectivity index (χ0) is 25.2. The number of ether oxygens (including phenoxy) is 2. The molecule has 0 aliphatic rings. The van der Waals surface area contributed by atoms with Gasteiger partial charge < -0.3 is 9.47 Å². The predicted octanol–water partition coefficient (Wildman–Crippen LogP) is 3.81. The summed E-state index contributed by atoms with van der Waals surface area (Å²) in [6, 6.07) is 13.1. The molecule has 11 heteroatoms. The summed E-state index contributed by atoms with van der Waals surface area (Å²) in [6.07, 6.45) is 3.35. The third kappa shape index (κ3) is 4.97. The van der Waals surface area contributed by atoms with Gasteiger partial charge in [0.05, 0.1) is 35.9 Å². The molecular formula is C24H24N4O5S2. The van der Waals surface area contributed by atoms with Crippen molar-refractivity contribution in [3.63, 3.8) is 0 Å². The normalized spacial score (nSPS) is 11.6. The average molecular weight is 513 g/mol. The largest absolute Gasteiger partial charge is 0.493 e. The first-order valence-corrected chi connectivity index (χ1v) is 12.8. The number of carbonyl (C=O) groups excluding carboxylic acids is 1. The van der Waals surface area contributed by atoms with Crippen LogP contribution in [0.3, 0.4) is 0 Å². The molecule has 0 aliphatic carbocycles. The van der Waals surface area contributed by atoms with E-state index in [1.54, 1.807) is 43.6 Å². The minimum absolute atomic E-state index is 0.108. The number of anilines is 1. The topological polar surface area (TPSA) is 102 Å². The lowest BCUT2D eigenvalue weighted by molar-refractivity contribution is 0.0985. The summed E-state index contributed by atoms with van der Waals surface area (Å²) in [7, 11) is 2.42. The van der Waals surface area contributed by atoms with Crippen molar-refractivity contribution >= 4 is 42.6 Å². The smallest absolute Gasteiger partial charge is 0.260 e. The van der Waals surface area contributed by atoms with Crippen molar-refractivity contribution < 1.29 is 22.7 Å². The van der Waals surface area contributed by atoms with Crippen molar-refractivity contribution in [1.29, 1.82) is 0 Å². The summed E-state index contributed by atoms with van der Waals surface area (Å²) in [5, 5.41) is 0.481. The monoisotopic (exact) mass is 512 g/mol. The number of hydrogen-bond acceptors (Lipinski definition) is 8. The first-order chi connectivity index (χ1) is 16.7. The lowest BCUT2D eigenvalue weighted by Gasteiger charge is -2.20. The second kappa shape index (κ2) is 9.98. The number of thiazole rings is 1. The maximum Gasteiger partial charge on any atom is 0.260 e. The van der Waals surface area contributed by atoms with E-state index in [-0.39, 0.29) is 17.3 Å². The molecule has 2 aromatic carbocycles. The molecule has 0 spiro atoms. The van der Waals surface area contributed by atoms with Crippen LogP contribution in [0.15, 0.2) is 65.8 Å². The van der Waals surface area contributed by atoms with Crippen LogP contribution in [0.25, 0.3) is 10.2 Å².